The van der Waals surface area contributed by atoms with E-state index in [2.05, 4.69) is 13.8 Å². The maximum absolute atomic E-state index is 10.8. The molecular formula is C14H17NO2. The number of allylic oxidation sites excluding steroid dienone is 3. The van der Waals surface area contributed by atoms with Crippen molar-refractivity contribution in [2.45, 2.75) is 26.7 Å². The number of ether oxygens (including phenoxy) is 1. The molecule has 0 radical (unpaired) electrons. The number of cyclic esters (lactones) is 1. The molecule has 0 spiro atoms. The maximum Gasteiger partial charge on any atom is 0.331 e. The molecule has 1 rings (SSSR count). The van der Waals surface area contributed by atoms with Crippen molar-refractivity contribution in [3.63, 3.8) is 0 Å². The van der Waals surface area contributed by atoms with Gasteiger partial charge in [0, 0.05) is 12.2 Å². The summed E-state index contributed by atoms with van der Waals surface area (Å²) in [5.74, 6) is -0.263. The number of rotatable bonds is 5. The average molecular weight is 231 g/mol. The van der Waals surface area contributed by atoms with Crippen LogP contribution in [0.5, 0.6) is 0 Å². The van der Waals surface area contributed by atoms with Gasteiger partial charge in [0.1, 0.15) is 6.61 Å². The maximum atomic E-state index is 10.8. The van der Waals surface area contributed by atoms with Crippen molar-refractivity contribution in [3.05, 3.63) is 36.0 Å². The smallest absolute Gasteiger partial charge is 0.331 e. The summed E-state index contributed by atoms with van der Waals surface area (Å²) in [5.41, 5.74) is 1.03. The number of nitriles is 1. The third kappa shape index (κ3) is 5.17. The van der Waals surface area contributed by atoms with Crippen LogP contribution in [0.3, 0.4) is 0 Å². The quantitative estimate of drug-likeness (QED) is 0.540. The van der Waals surface area contributed by atoms with Crippen LogP contribution in [-0.2, 0) is 9.53 Å². The molecule has 90 valence electrons. The van der Waals surface area contributed by atoms with Crippen LogP contribution in [0.15, 0.2) is 36.0 Å². The second kappa shape index (κ2) is 6.05. The van der Waals surface area contributed by atoms with Crippen LogP contribution >= 0.6 is 0 Å². The van der Waals surface area contributed by atoms with E-state index in [9.17, 15) is 4.79 Å². The lowest BCUT2D eigenvalue weighted by molar-refractivity contribution is -0.134. The van der Waals surface area contributed by atoms with Crippen molar-refractivity contribution < 1.29 is 9.53 Å². The molecule has 0 bridgehead atoms. The summed E-state index contributed by atoms with van der Waals surface area (Å²) in [4.78, 5) is 10.8. The van der Waals surface area contributed by atoms with Crippen LogP contribution in [0.25, 0.3) is 0 Å². The molecule has 1 aliphatic heterocycles. The van der Waals surface area contributed by atoms with Crippen LogP contribution in [0.1, 0.15) is 26.7 Å². The summed E-state index contributed by atoms with van der Waals surface area (Å²) in [7, 11) is 0. The number of carbonyl (C=O) groups is 1. The largest absolute Gasteiger partial charge is 0.458 e. The van der Waals surface area contributed by atoms with Gasteiger partial charge in [0.05, 0.1) is 6.07 Å². The third-order valence-electron chi connectivity index (χ3n) is 2.55. The molecule has 3 nitrogen and oxygen atoms in total. The molecule has 17 heavy (non-hydrogen) atoms. The van der Waals surface area contributed by atoms with Gasteiger partial charge in [0.15, 0.2) is 0 Å². The van der Waals surface area contributed by atoms with Gasteiger partial charge in [-0.05, 0) is 23.8 Å². The second-order valence-corrected chi connectivity index (χ2v) is 4.83. The van der Waals surface area contributed by atoms with Crippen LogP contribution < -0.4 is 0 Å². The standard InChI is InChI=1S/C14H17NO2/c1-14(2,7-3-4-9-15)8-5-6-12-10-13(16)17-11-12/h3-6,10H,7-8,11H2,1-2H3/b4-3+,6-5+. The summed E-state index contributed by atoms with van der Waals surface area (Å²) in [6.07, 6.45) is 10.6. The Kier molecular flexibility index (Phi) is 4.71. The Hall–Kier alpha value is -1.82. The predicted molar refractivity (Wildman–Crippen MR) is 66.0 cm³/mol. The normalized spacial score (nSPS) is 16.3. The first-order chi connectivity index (χ1) is 8.03. The van der Waals surface area contributed by atoms with Gasteiger partial charge in [-0.2, -0.15) is 5.26 Å². The Labute approximate surface area is 102 Å². The zero-order valence-electron chi connectivity index (χ0n) is 10.3. The molecule has 0 aromatic rings. The summed E-state index contributed by atoms with van der Waals surface area (Å²) in [6.45, 7) is 4.66. The minimum atomic E-state index is -0.263. The van der Waals surface area contributed by atoms with E-state index in [-0.39, 0.29) is 11.4 Å². The van der Waals surface area contributed by atoms with E-state index in [4.69, 9.17) is 10.00 Å². The highest BCUT2D eigenvalue weighted by Gasteiger charge is 2.14. The fourth-order valence-corrected chi connectivity index (χ4v) is 1.53. The number of hydrogen-bond donors (Lipinski definition) is 0. The molecule has 0 fully saturated rings. The Balaban J connectivity index is 2.41. The molecule has 0 saturated heterocycles. The summed E-state index contributed by atoms with van der Waals surface area (Å²) < 4.78 is 4.80. The summed E-state index contributed by atoms with van der Waals surface area (Å²) in [6, 6.07) is 1.98. The Bertz CT molecular complexity index is 408. The first kappa shape index (κ1) is 13.2. The molecule has 0 aromatic carbocycles. The SMILES string of the molecule is CC(C)(C/C=C/C#N)C/C=C/C1=CC(=O)OC1. The summed E-state index contributed by atoms with van der Waals surface area (Å²) >= 11 is 0. The van der Waals surface area contributed by atoms with E-state index in [0.717, 1.165) is 18.4 Å². The molecule has 1 heterocycles. The zero-order chi connectivity index (χ0) is 12.7. The Morgan fingerprint density at radius 3 is 2.76 bits per heavy atom. The molecule has 0 saturated carbocycles. The first-order valence-electron chi connectivity index (χ1n) is 5.62. The fraction of sp³-hybridized carbons (Fsp3) is 0.429. The van der Waals surface area contributed by atoms with Crippen molar-refractivity contribution in [1.82, 2.24) is 0 Å². The van der Waals surface area contributed by atoms with Gasteiger partial charge in [0.2, 0.25) is 0 Å². The third-order valence-corrected chi connectivity index (χ3v) is 2.55. The van der Waals surface area contributed by atoms with Crippen molar-refractivity contribution in [2.24, 2.45) is 5.41 Å². The highest BCUT2D eigenvalue weighted by Crippen LogP contribution is 2.26. The van der Waals surface area contributed by atoms with Gasteiger partial charge < -0.3 is 4.74 Å². The molecular weight excluding hydrogens is 214 g/mol. The van der Waals surface area contributed by atoms with Crippen molar-refractivity contribution in [2.75, 3.05) is 6.61 Å². The lowest BCUT2D eigenvalue weighted by Crippen LogP contribution is -2.08. The number of esters is 1. The molecule has 0 atom stereocenters. The van der Waals surface area contributed by atoms with Crippen molar-refractivity contribution in [3.8, 4) is 6.07 Å². The molecule has 0 aliphatic carbocycles. The van der Waals surface area contributed by atoms with Crippen molar-refractivity contribution >= 4 is 5.97 Å². The van der Waals surface area contributed by atoms with Gasteiger partial charge in [-0.15, -0.1) is 0 Å². The lowest BCUT2D eigenvalue weighted by atomic mass is 9.85. The fourth-order valence-electron chi connectivity index (χ4n) is 1.53. The lowest BCUT2D eigenvalue weighted by Gasteiger charge is -2.20. The van der Waals surface area contributed by atoms with E-state index >= 15 is 0 Å². The van der Waals surface area contributed by atoms with Gasteiger partial charge >= 0.3 is 5.97 Å². The van der Waals surface area contributed by atoms with E-state index in [1.165, 1.54) is 12.2 Å². The number of carbonyl (C=O) groups excluding carboxylic acids is 1. The molecule has 0 aromatic heterocycles. The second-order valence-electron chi connectivity index (χ2n) is 4.83. The first-order valence-corrected chi connectivity index (χ1v) is 5.62. The predicted octanol–water partition coefficient (Wildman–Crippen LogP) is 2.91. The Morgan fingerprint density at radius 2 is 2.18 bits per heavy atom. The van der Waals surface area contributed by atoms with Gasteiger partial charge in [0.25, 0.3) is 0 Å². The minimum absolute atomic E-state index is 0.119. The van der Waals surface area contributed by atoms with E-state index in [1.54, 1.807) is 0 Å². The molecule has 0 amide bonds. The van der Waals surface area contributed by atoms with Crippen molar-refractivity contribution in [1.29, 1.82) is 5.26 Å². The average Bonchev–Trinajstić information content (AvgIpc) is 2.64. The Morgan fingerprint density at radius 1 is 1.47 bits per heavy atom. The van der Waals surface area contributed by atoms with Crippen LogP contribution in [0.2, 0.25) is 0 Å². The highest BCUT2D eigenvalue weighted by atomic mass is 16.5. The number of nitrogens with zero attached hydrogens (tertiary/aromatic N) is 1. The van der Waals surface area contributed by atoms with Crippen LogP contribution in [0, 0.1) is 16.7 Å². The van der Waals surface area contributed by atoms with Crippen LogP contribution in [0.4, 0.5) is 0 Å². The van der Waals surface area contributed by atoms with E-state index in [0.29, 0.717) is 6.61 Å². The van der Waals surface area contributed by atoms with Gasteiger partial charge in [-0.1, -0.05) is 32.1 Å². The van der Waals surface area contributed by atoms with Crippen LogP contribution in [-0.4, -0.2) is 12.6 Å². The monoisotopic (exact) mass is 231 g/mol. The van der Waals surface area contributed by atoms with E-state index in [1.807, 2.05) is 24.3 Å². The molecule has 0 N–H and O–H groups in total. The summed E-state index contributed by atoms with van der Waals surface area (Å²) in [5, 5.41) is 8.40. The minimum Gasteiger partial charge on any atom is -0.458 e. The highest BCUT2D eigenvalue weighted by molar-refractivity contribution is 5.85. The topological polar surface area (TPSA) is 50.1 Å². The number of hydrogen-bond acceptors (Lipinski definition) is 3. The molecule has 1 aliphatic rings. The van der Waals surface area contributed by atoms with Gasteiger partial charge in [-0.25, -0.2) is 4.79 Å². The molecule has 3 heteroatoms. The zero-order valence-corrected chi connectivity index (χ0v) is 10.3. The molecule has 0 unspecified atom stereocenters. The van der Waals surface area contributed by atoms with E-state index < -0.39 is 0 Å². The van der Waals surface area contributed by atoms with Gasteiger partial charge in [-0.3, -0.25) is 0 Å².